The molecule has 1 aromatic rings. The highest BCUT2D eigenvalue weighted by atomic mass is 15.3. The van der Waals surface area contributed by atoms with Crippen LogP contribution >= 0.6 is 0 Å². The molecule has 3 atom stereocenters. The van der Waals surface area contributed by atoms with Gasteiger partial charge < -0.3 is 10.2 Å². The molecule has 1 aromatic carbocycles. The van der Waals surface area contributed by atoms with Gasteiger partial charge in [-0.15, -0.1) is 0 Å². The predicted octanol–water partition coefficient (Wildman–Crippen LogP) is 4.16. The molecule has 2 aliphatic carbocycles. The van der Waals surface area contributed by atoms with E-state index >= 15 is 0 Å². The molecule has 1 N–H and O–H groups in total. The van der Waals surface area contributed by atoms with Gasteiger partial charge in [0.15, 0.2) is 0 Å². The van der Waals surface area contributed by atoms with Crippen molar-refractivity contribution in [3.05, 3.63) is 29.3 Å². The first-order valence-electron chi connectivity index (χ1n) is 9.56. The number of anilines is 1. The summed E-state index contributed by atoms with van der Waals surface area (Å²) in [6, 6.07) is 9.04. The molecule has 4 aliphatic rings. The maximum atomic E-state index is 3.79. The molecule has 2 saturated carbocycles. The Bertz CT molecular complexity index is 559. The number of hydrogen-bond donors (Lipinski definition) is 1. The van der Waals surface area contributed by atoms with Gasteiger partial charge in [0, 0.05) is 30.7 Å². The van der Waals surface area contributed by atoms with Crippen LogP contribution < -0.4 is 10.2 Å². The van der Waals surface area contributed by atoms with Crippen LogP contribution in [0.4, 0.5) is 5.69 Å². The first-order chi connectivity index (χ1) is 10.9. The van der Waals surface area contributed by atoms with Crippen LogP contribution in [0.2, 0.25) is 0 Å². The largest absolute Gasteiger partial charge is 0.365 e. The van der Waals surface area contributed by atoms with Crippen LogP contribution in [-0.4, -0.2) is 25.2 Å². The van der Waals surface area contributed by atoms with Crippen molar-refractivity contribution in [3.8, 4) is 0 Å². The van der Waals surface area contributed by atoms with Crippen LogP contribution in [0.5, 0.6) is 0 Å². The second kappa shape index (κ2) is 5.26. The molecular formula is C20H28N2. The number of rotatable bonds is 1. The van der Waals surface area contributed by atoms with Gasteiger partial charge in [-0.1, -0.05) is 37.8 Å². The van der Waals surface area contributed by atoms with Crippen molar-refractivity contribution >= 4 is 5.69 Å². The summed E-state index contributed by atoms with van der Waals surface area (Å²) in [5.41, 5.74) is 4.91. The summed E-state index contributed by atoms with van der Waals surface area (Å²) in [6.07, 6.45) is 11.3. The molecule has 0 unspecified atom stereocenters. The van der Waals surface area contributed by atoms with Crippen LogP contribution in [-0.2, 0) is 0 Å². The zero-order chi connectivity index (χ0) is 14.5. The molecule has 2 heterocycles. The SMILES string of the molecule is c1cc2c(cc1C1CCCCC1)[C@@H]1CCC[C@H]3NCCN2[C@@H]31. The van der Waals surface area contributed by atoms with Gasteiger partial charge in [-0.3, -0.25) is 0 Å². The fraction of sp³-hybridized carbons (Fsp3) is 0.700. The van der Waals surface area contributed by atoms with Crippen LogP contribution in [0.3, 0.4) is 0 Å². The van der Waals surface area contributed by atoms with E-state index < -0.39 is 0 Å². The molecule has 0 spiro atoms. The van der Waals surface area contributed by atoms with E-state index in [0.717, 1.165) is 30.5 Å². The van der Waals surface area contributed by atoms with Crippen molar-refractivity contribution < 1.29 is 0 Å². The van der Waals surface area contributed by atoms with E-state index in [2.05, 4.69) is 28.4 Å². The first-order valence-corrected chi connectivity index (χ1v) is 9.56. The summed E-state index contributed by atoms with van der Waals surface area (Å²) in [4.78, 5) is 2.74. The van der Waals surface area contributed by atoms with Crippen LogP contribution in [0.15, 0.2) is 18.2 Å². The van der Waals surface area contributed by atoms with E-state index in [1.807, 2.05) is 0 Å². The lowest BCUT2D eigenvalue weighted by Gasteiger charge is -2.44. The molecule has 0 bridgehead atoms. The molecule has 0 aromatic heterocycles. The quantitative estimate of drug-likeness (QED) is 0.837. The number of fused-ring (bicyclic) bond motifs is 3. The molecule has 118 valence electrons. The average Bonchev–Trinajstić information content (AvgIpc) is 2.92. The van der Waals surface area contributed by atoms with Gasteiger partial charge >= 0.3 is 0 Å². The Kier molecular flexibility index (Phi) is 3.21. The number of hydrogen-bond acceptors (Lipinski definition) is 2. The van der Waals surface area contributed by atoms with Crippen molar-refractivity contribution in [2.75, 3.05) is 18.0 Å². The highest BCUT2D eigenvalue weighted by Crippen LogP contribution is 2.49. The monoisotopic (exact) mass is 296 g/mol. The van der Waals surface area contributed by atoms with E-state index in [1.54, 1.807) is 16.8 Å². The number of piperazine rings is 1. The van der Waals surface area contributed by atoms with Gasteiger partial charge in [-0.25, -0.2) is 0 Å². The summed E-state index contributed by atoms with van der Waals surface area (Å²) in [7, 11) is 0. The van der Waals surface area contributed by atoms with E-state index in [1.165, 1.54) is 57.9 Å². The molecule has 2 aliphatic heterocycles. The molecule has 22 heavy (non-hydrogen) atoms. The van der Waals surface area contributed by atoms with Crippen molar-refractivity contribution in [1.82, 2.24) is 5.32 Å². The van der Waals surface area contributed by atoms with Gasteiger partial charge in [0.1, 0.15) is 0 Å². The molecule has 2 nitrogen and oxygen atoms in total. The lowest BCUT2D eigenvalue weighted by atomic mass is 9.77. The van der Waals surface area contributed by atoms with E-state index in [9.17, 15) is 0 Å². The Balaban J connectivity index is 1.52. The third-order valence-corrected chi connectivity index (χ3v) is 6.81. The molecule has 0 amide bonds. The second-order valence-electron chi connectivity index (χ2n) is 7.94. The van der Waals surface area contributed by atoms with Crippen LogP contribution in [0, 0.1) is 0 Å². The smallest absolute Gasteiger partial charge is 0.0513 e. The van der Waals surface area contributed by atoms with E-state index in [0.29, 0.717) is 0 Å². The number of nitrogens with zero attached hydrogens (tertiary/aromatic N) is 1. The van der Waals surface area contributed by atoms with Gasteiger partial charge in [-0.05, 0) is 48.8 Å². The Morgan fingerprint density at radius 3 is 2.77 bits per heavy atom. The van der Waals surface area contributed by atoms with Crippen molar-refractivity contribution in [2.24, 2.45) is 0 Å². The lowest BCUT2D eigenvalue weighted by Crippen LogP contribution is -2.59. The maximum Gasteiger partial charge on any atom is 0.0513 e. The normalized spacial score (nSPS) is 34.4. The molecule has 3 fully saturated rings. The van der Waals surface area contributed by atoms with Gasteiger partial charge in [0.25, 0.3) is 0 Å². The molecular weight excluding hydrogens is 268 g/mol. The first kappa shape index (κ1) is 13.4. The van der Waals surface area contributed by atoms with E-state index in [4.69, 9.17) is 0 Å². The van der Waals surface area contributed by atoms with Crippen molar-refractivity contribution in [1.29, 1.82) is 0 Å². The third-order valence-electron chi connectivity index (χ3n) is 6.81. The molecule has 2 heteroatoms. The Morgan fingerprint density at radius 1 is 0.955 bits per heavy atom. The lowest BCUT2D eigenvalue weighted by molar-refractivity contribution is 0.270. The minimum absolute atomic E-state index is 0.734. The minimum atomic E-state index is 0.734. The van der Waals surface area contributed by atoms with Crippen LogP contribution in [0.25, 0.3) is 0 Å². The Morgan fingerprint density at radius 2 is 1.86 bits per heavy atom. The minimum Gasteiger partial charge on any atom is -0.365 e. The summed E-state index contributed by atoms with van der Waals surface area (Å²) in [6.45, 7) is 2.37. The second-order valence-corrected chi connectivity index (χ2v) is 7.94. The Labute approximate surface area is 134 Å². The zero-order valence-corrected chi connectivity index (χ0v) is 13.6. The third kappa shape index (κ3) is 1.96. The predicted molar refractivity (Wildman–Crippen MR) is 91.8 cm³/mol. The maximum absolute atomic E-state index is 3.79. The summed E-state index contributed by atoms with van der Waals surface area (Å²) in [5, 5.41) is 3.79. The summed E-state index contributed by atoms with van der Waals surface area (Å²) >= 11 is 0. The number of nitrogens with one attached hydrogen (secondary N) is 1. The standard InChI is InChI=1S/C20H28N2/c1-2-5-14(6-3-1)15-9-10-19-17(13-15)16-7-4-8-18-20(16)22(19)12-11-21-18/h9-10,13-14,16,18,20-21H,1-8,11-12H2/t16-,18+,20+/m0/s1. The number of benzene rings is 1. The van der Waals surface area contributed by atoms with Crippen LogP contribution in [0.1, 0.15) is 74.3 Å². The summed E-state index contributed by atoms with van der Waals surface area (Å²) < 4.78 is 0. The molecule has 5 rings (SSSR count). The topological polar surface area (TPSA) is 15.3 Å². The fourth-order valence-corrected chi connectivity index (χ4v) is 5.80. The van der Waals surface area contributed by atoms with Gasteiger partial charge in [0.2, 0.25) is 0 Å². The van der Waals surface area contributed by atoms with E-state index in [-0.39, 0.29) is 0 Å². The summed E-state index contributed by atoms with van der Waals surface area (Å²) in [5.74, 6) is 1.64. The zero-order valence-electron chi connectivity index (χ0n) is 13.6. The van der Waals surface area contributed by atoms with Crippen molar-refractivity contribution in [2.45, 2.75) is 75.3 Å². The molecule has 0 radical (unpaired) electrons. The highest BCUT2D eigenvalue weighted by molar-refractivity contribution is 5.64. The Hall–Kier alpha value is -1.02. The molecule has 1 saturated heterocycles. The fourth-order valence-electron chi connectivity index (χ4n) is 5.80. The van der Waals surface area contributed by atoms with Crippen molar-refractivity contribution in [3.63, 3.8) is 0 Å². The highest BCUT2D eigenvalue weighted by Gasteiger charge is 2.46. The van der Waals surface area contributed by atoms with Gasteiger partial charge in [0.05, 0.1) is 6.04 Å². The average molecular weight is 296 g/mol. The van der Waals surface area contributed by atoms with Gasteiger partial charge in [-0.2, -0.15) is 0 Å².